The highest BCUT2D eigenvalue weighted by molar-refractivity contribution is 7.80. The Labute approximate surface area is 203 Å². The summed E-state index contributed by atoms with van der Waals surface area (Å²) in [5, 5.41) is 4.18. The van der Waals surface area contributed by atoms with Crippen LogP contribution in [0.4, 0.5) is 5.69 Å². The highest BCUT2D eigenvalue weighted by atomic mass is 32.1. The van der Waals surface area contributed by atoms with Crippen LogP contribution in [0.1, 0.15) is 34.7 Å². The first-order chi connectivity index (χ1) is 16.6. The van der Waals surface area contributed by atoms with E-state index < -0.39 is 0 Å². The number of nitrogens with one attached hydrogen (secondary N) is 1. The minimum Gasteiger partial charge on any atom is -0.454 e. The fourth-order valence-corrected chi connectivity index (χ4v) is 5.30. The zero-order valence-electron chi connectivity index (χ0n) is 18.8. The minimum absolute atomic E-state index is 0.112. The van der Waals surface area contributed by atoms with Gasteiger partial charge in [0.2, 0.25) is 6.79 Å². The maximum absolute atomic E-state index is 5.88. The smallest absolute Gasteiger partial charge is 0.231 e. The number of hydrogen-bond donors (Lipinski definition) is 1. The molecule has 1 fully saturated rings. The van der Waals surface area contributed by atoms with Crippen molar-refractivity contribution in [2.24, 2.45) is 0 Å². The number of pyridine rings is 2. The van der Waals surface area contributed by atoms with Crippen LogP contribution >= 0.6 is 12.2 Å². The predicted molar refractivity (Wildman–Crippen MR) is 134 cm³/mol. The molecule has 3 aromatic heterocycles. The molecule has 2 aliphatic rings. The standard InChI is InChI=1S/C26H23N5O2S/c1-16-12-20(17(2)30(16)19-6-5-10-27-14-19)25-24(21-7-3-4-11-28-21)29-26(34)31(25)18-8-9-22-23(13-18)33-15-32-22/h3-14,24-25H,15H2,1-2H3,(H,29,34). The lowest BCUT2D eigenvalue weighted by atomic mass is 9.96. The van der Waals surface area contributed by atoms with Gasteiger partial charge < -0.3 is 24.3 Å². The largest absolute Gasteiger partial charge is 0.454 e. The summed E-state index contributed by atoms with van der Waals surface area (Å²) in [5.74, 6) is 1.47. The van der Waals surface area contributed by atoms with Crippen molar-refractivity contribution >= 4 is 23.0 Å². The summed E-state index contributed by atoms with van der Waals surface area (Å²) in [6, 6.07) is 17.9. The number of rotatable bonds is 4. The Hall–Kier alpha value is -3.91. The van der Waals surface area contributed by atoms with Gasteiger partial charge in [0, 0.05) is 35.5 Å². The molecule has 1 saturated heterocycles. The lowest BCUT2D eigenvalue weighted by molar-refractivity contribution is 0.174. The zero-order chi connectivity index (χ0) is 23.2. The van der Waals surface area contributed by atoms with E-state index in [1.54, 1.807) is 6.20 Å². The van der Waals surface area contributed by atoms with Gasteiger partial charge in [0.05, 0.1) is 29.7 Å². The molecule has 1 N–H and O–H groups in total. The molecule has 0 aliphatic carbocycles. The Morgan fingerprint density at radius 1 is 0.971 bits per heavy atom. The average Bonchev–Trinajstić information content (AvgIpc) is 3.54. The van der Waals surface area contributed by atoms with Crippen LogP contribution < -0.4 is 19.7 Å². The third kappa shape index (κ3) is 3.30. The first kappa shape index (κ1) is 20.7. The molecule has 2 unspecified atom stereocenters. The molecule has 8 heteroatoms. The van der Waals surface area contributed by atoms with E-state index in [1.165, 1.54) is 5.56 Å². The number of hydrogen-bond acceptors (Lipinski definition) is 5. The average molecular weight is 470 g/mol. The molecule has 5 heterocycles. The summed E-state index contributed by atoms with van der Waals surface area (Å²) >= 11 is 5.88. The molecule has 4 aromatic rings. The number of nitrogens with zero attached hydrogens (tertiary/aromatic N) is 4. The molecular formula is C26H23N5O2S. The normalized spacial score (nSPS) is 18.9. The summed E-state index contributed by atoms with van der Waals surface area (Å²) in [7, 11) is 0. The Balaban J connectivity index is 1.51. The van der Waals surface area contributed by atoms with Crippen LogP contribution in [0.25, 0.3) is 5.69 Å². The van der Waals surface area contributed by atoms with Crippen LogP contribution in [0.3, 0.4) is 0 Å². The summed E-state index contributed by atoms with van der Waals surface area (Å²) in [6.45, 7) is 4.49. The molecule has 0 spiro atoms. The number of ether oxygens (including phenoxy) is 2. The van der Waals surface area contributed by atoms with Gasteiger partial charge in [-0.05, 0) is 74.1 Å². The van der Waals surface area contributed by atoms with E-state index in [-0.39, 0.29) is 18.9 Å². The van der Waals surface area contributed by atoms with Gasteiger partial charge in [-0.1, -0.05) is 6.07 Å². The summed E-state index contributed by atoms with van der Waals surface area (Å²) in [6.07, 6.45) is 5.49. The molecule has 6 rings (SSSR count). The molecule has 0 amide bonds. The Kier molecular flexibility index (Phi) is 4.95. The van der Waals surface area contributed by atoms with E-state index in [0.717, 1.165) is 40.0 Å². The topological polar surface area (TPSA) is 64.4 Å². The Morgan fingerprint density at radius 2 is 1.85 bits per heavy atom. The van der Waals surface area contributed by atoms with Gasteiger partial charge in [-0.2, -0.15) is 0 Å². The van der Waals surface area contributed by atoms with Crippen molar-refractivity contribution in [3.63, 3.8) is 0 Å². The molecule has 7 nitrogen and oxygen atoms in total. The van der Waals surface area contributed by atoms with Gasteiger partial charge in [-0.25, -0.2) is 0 Å². The predicted octanol–water partition coefficient (Wildman–Crippen LogP) is 4.79. The first-order valence-corrected chi connectivity index (χ1v) is 11.5. The van der Waals surface area contributed by atoms with Crippen LogP contribution in [0.15, 0.2) is 73.2 Å². The van der Waals surface area contributed by atoms with Crippen molar-refractivity contribution in [3.8, 4) is 17.2 Å². The molecular weight excluding hydrogens is 446 g/mol. The zero-order valence-corrected chi connectivity index (χ0v) is 19.6. The fraction of sp³-hybridized carbons (Fsp3) is 0.192. The molecule has 2 aliphatic heterocycles. The molecule has 34 heavy (non-hydrogen) atoms. The van der Waals surface area contributed by atoms with E-state index in [9.17, 15) is 0 Å². The van der Waals surface area contributed by atoms with Gasteiger partial charge in [0.1, 0.15) is 0 Å². The van der Waals surface area contributed by atoms with Crippen LogP contribution in [0.2, 0.25) is 0 Å². The monoisotopic (exact) mass is 469 g/mol. The summed E-state index contributed by atoms with van der Waals surface area (Å²) < 4.78 is 13.4. The number of anilines is 1. The van der Waals surface area contributed by atoms with Crippen molar-refractivity contribution in [3.05, 3.63) is 95.8 Å². The highest BCUT2D eigenvalue weighted by Crippen LogP contribution is 2.45. The van der Waals surface area contributed by atoms with Crippen LogP contribution in [-0.2, 0) is 0 Å². The van der Waals surface area contributed by atoms with Gasteiger partial charge in [0.25, 0.3) is 0 Å². The van der Waals surface area contributed by atoms with Crippen LogP contribution in [0, 0.1) is 13.8 Å². The molecule has 0 radical (unpaired) electrons. The van der Waals surface area contributed by atoms with E-state index >= 15 is 0 Å². The highest BCUT2D eigenvalue weighted by Gasteiger charge is 2.42. The van der Waals surface area contributed by atoms with Crippen molar-refractivity contribution in [1.82, 2.24) is 19.9 Å². The second-order valence-corrected chi connectivity index (χ2v) is 8.79. The maximum Gasteiger partial charge on any atom is 0.231 e. The maximum atomic E-state index is 5.88. The second kappa shape index (κ2) is 8.14. The lowest BCUT2D eigenvalue weighted by Crippen LogP contribution is -2.29. The Bertz CT molecular complexity index is 1370. The molecule has 2 atom stereocenters. The second-order valence-electron chi connectivity index (χ2n) is 8.41. The van der Waals surface area contributed by atoms with Crippen LogP contribution in [0.5, 0.6) is 11.5 Å². The van der Waals surface area contributed by atoms with Crippen LogP contribution in [-0.4, -0.2) is 26.4 Å². The van der Waals surface area contributed by atoms with E-state index in [2.05, 4.69) is 50.7 Å². The van der Waals surface area contributed by atoms with Crippen molar-refractivity contribution in [2.45, 2.75) is 25.9 Å². The van der Waals surface area contributed by atoms with Gasteiger partial charge in [0.15, 0.2) is 16.6 Å². The third-order valence-electron chi connectivity index (χ3n) is 6.43. The number of aryl methyl sites for hydroxylation is 1. The lowest BCUT2D eigenvalue weighted by Gasteiger charge is -2.28. The quantitative estimate of drug-likeness (QED) is 0.431. The van der Waals surface area contributed by atoms with Gasteiger partial charge in [-0.3, -0.25) is 9.97 Å². The molecule has 1 aromatic carbocycles. The first-order valence-electron chi connectivity index (χ1n) is 11.1. The Morgan fingerprint density at radius 3 is 2.65 bits per heavy atom. The molecule has 170 valence electrons. The van der Waals surface area contributed by atoms with Crippen molar-refractivity contribution < 1.29 is 9.47 Å². The molecule has 0 bridgehead atoms. The van der Waals surface area contributed by atoms with Gasteiger partial charge in [-0.15, -0.1) is 0 Å². The van der Waals surface area contributed by atoms with Crippen molar-refractivity contribution in [2.75, 3.05) is 11.7 Å². The fourth-order valence-electron chi connectivity index (χ4n) is 4.95. The van der Waals surface area contributed by atoms with Crippen molar-refractivity contribution in [1.29, 1.82) is 0 Å². The molecule has 0 saturated carbocycles. The number of thiocarbonyl (C=S) groups is 1. The van der Waals surface area contributed by atoms with E-state index in [0.29, 0.717) is 5.11 Å². The summed E-state index contributed by atoms with van der Waals surface area (Å²) in [5.41, 5.74) is 6.33. The number of benzene rings is 1. The van der Waals surface area contributed by atoms with E-state index in [4.69, 9.17) is 21.7 Å². The third-order valence-corrected chi connectivity index (χ3v) is 6.74. The van der Waals surface area contributed by atoms with E-state index in [1.807, 2.05) is 54.9 Å². The minimum atomic E-state index is -0.123. The van der Waals surface area contributed by atoms with Gasteiger partial charge >= 0.3 is 0 Å². The summed E-state index contributed by atoms with van der Waals surface area (Å²) in [4.78, 5) is 11.1. The number of fused-ring (bicyclic) bond motifs is 1. The number of aromatic nitrogens is 3. The SMILES string of the molecule is Cc1cc(C2C(c3ccccn3)NC(=S)N2c2ccc3c(c2)OCO3)c(C)n1-c1cccnc1.